The summed E-state index contributed by atoms with van der Waals surface area (Å²) in [6, 6.07) is 6.73. The minimum atomic E-state index is -0.216. The van der Waals surface area contributed by atoms with Crippen LogP contribution in [0.1, 0.15) is 38.7 Å². The van der Waals surface area contributed by atoms with E-state index in [0.717, 1.165) is 19.3 Å². The molecule has 0 fully saturated rings. The van der Waals surface area contributed by atoms with Gasteiger partial charge in [-0.15, -0.1) is 0 Å². The third-order valence-electron chi connectivity index (χ3n) is 2.91. The lowest BCUT2D eigenvalue weighted by Gasteiger charge is -2.22. The van der Waals surface area contributed by atoms with Crippen molar-refractivity contribution in [2.75, 3.05) is 0 Å². The molecule has 0 spiro atoms. The fourth-order valence-corrected chi connectivity index (χ4v) is 1.88. The first-order valence-corrected chi connectivity index (χ1v) is 6.29. The maximum absolute atomic E-state index is 13.4. The van der Waals surface area contributed by atoms with Crippen molar-refractivity contribution in [2.24, 2.45) is 5.73 Å². The van der Waals surface area contributed by atoms with Crippen LogP contribution in [0.15, 0.2) is 24.3 Å². The van der Waals surface area contributed by atoms with Gasteiger partial charge in [-0.3, -0.25) is 0 Å². The quantitative estimate of drug-likeness (QED) is 0.792. The van der Waals surface area contributed by atoms with Crippen molar-refractivity contribution >= 4 is 0 Å². The van der Waals surface area contributed by atoms with Crippen molar-refractivity contribution in [3.63, 3.8) is 0 Å². The van der Waals surface area contributed by atoms with E-state index in [0.29, 0.717) is 12.2 Å². The van der Waals surface area contributed by atoms with Crippen LogP contribution >= 0.6 is 0 Å². The molecule has 96 valence electrons. The Kier molecular flexibility index (Phi) is 6.16. The monoisotopic (exact) mass is 239 g/mol. The Bertz CT molecular complexity index is 330. The van der Waals surface area contributed by atoms with Gasteiger partial charge in [0.15, 0.2) is 0 Å². The molecule has 0 bridgehead atoms. The van der Waals surface area contributed by atoms with E-state index in [4.69, 9.17) is 10.5 Å². The Morgan fingerprint density at radius 3 is 2.59 bits per heavy atom. The minimum absolute atomic E-state index is 0.00885. The Balaban J connectivity index is 2.50. The average Bonchev–Trinajstić information content (AvgIpc) is 2.32. The average molecular weight is 239 g/mol. The number of benzene rings is 1. The lowest BCUT2D eigenvalue weighted by atomic mass is 10.0. The van der Waals surface area contributed by atoms with Gasteiger partial charge in [0.2, 0.25) is 0 Å². The van der Waals surface area contributed by atoms with E-state index in [1.54, 1.807) is 12.1 Å². The molecule has 0 heterocycles. The predicted octanol–water partition coefficient (Wildman–Crippen LogP) is 3.25. The maximum Gasteiger partial charge on any atom is 0.128 e. The summed E-state index contributed by atoms with van der Waals surface area (Å²) in [6.45, 7) is 4.44. The van der Waals surface area contributed by atoms with Crippen LogP contribution in [-0.4, -0.2) is 12.1 Å². The maximum atomic E-state index is 13.4. The van der Waals surface area contributed by atoms with Crippen molar-refractivity contribution in [2.45, 2.75) is 51.9 Å². The van der Waals surface area contributed by atoms with Gasteiger partial charge in [-0.25, -0.2) is 4.39 Å². The first kappa shape index (κ1) is 14.1. The molecule has 0 saturated heterocycles. The standard InChI is InChI=1S/C14H22FNO/c1-3-7-13(16)14(4-2)17-10-11-8-5-6-9-12(11)15/h5-6,8-9,13-14H,3-4,7,10,16H2,1-2H3. The summed E-state index contributed by atoms with van der Waals surface area (Å²) in [5.74, 6) is -0.216. The SMILES string of the molecule is CCCC(N)C(CC)OCc1ccccc1F. The summed E-state index contributed by atoms with van der Waals surface area (Å²) < 4.78 is 19.1. The smallest absolute Gasteiger partial charge is 0.128 e. The van der Waals surface area contributed by atoms with Gasteiger partial charge in [-0.2, -0.15) is 0 Å². The number of halogens is 1. The molecule has 0 aliphatic carbocycles. The first-order chi connectivity index (χ1) is 8.19. The van der Waals surface area contributed by atoms with E-state index < -0.39 is 0 Å². The molecule has 1 aromatic carbocycles. The third kappa shape index (κ3) is 4.44. The van der Waals surface area contributed by atoms with Crippen LogP contribution < -0.4 is 5.73 Å². The minimum Gasteiger partial charge on any atom is -0.372 e. The number of hydrogen-bond donors (Lipinski definition) is 1. The topological polar surface area (TPSA) is 35.2 Å². The first-order valence-electron chi connectivity index (χ1n) is 6.29. The second-order valence-electron chi connectivity index (χ2n) is 4.30. The molecule has 17 heavy (non-hydrogen) atoms. The second kappa shape index (κ2) is 7.41. The molecule has 2 N–H and O–H groups in total. The van der Waals surface area contributed by atoms with Gasteiger partial charge in [0.05, 0.1) is 12.7 Å². The Labute approximate surface area is 103 Å². The highest BCUT2D eigenvalue weighted by Crippen LogP contribution is 2.13. The molecule has 0 aliphatic rings. The van der Waals surface area contributed by atoms with E-state index in [9.17, 15) is 4.39 Å². The normalized spacial score (nSPS) is 14.6. The van der Waals surface area contributed by atoms with Crippen LogP contribution in [0.2, 0.25) is 0 Å². The molecule has 3 heteroatoms. The largest absolute Gasteiger partial charge is 0.372 e. The van der Waals surface area contributed by atoms with Crippen LogP contribution in [0.4, 0.5) is 4.39 Å². The molecule has 0 radical (unpaired) electrons. The number of rotatable bonds is 7. The van der Waals surface area contributed by atoms with Crippen molar-refractivity contribution in [1.82, 2.24) is 0 Å². The molecule has 2 atom stereocenters. The van der Waals surface area contributed by atoms with E-state index in [1.807, 2.05) is 13.0 Å². The lowest BCUT2D eigenvalue weighted by molar-refractivity contribution is 0.0179. The van der Waals surface area contributed by atoms with Crippen molar-refractivity contribution in [1.29, 1.82) is 0 Å². The van der Waals surface area contributed by atoms with Gasteiger partial charge >= 0.3 is 0 Å². The lowest BCUT2D eigenvalue weighted by Crippen LogP contribution is -2.36. The van der Waals surface area contributed by atoms with Crippen LogP contribution in [0.25, 0.3) is 0 Å². The number of hydrogen-bond acceptors (Lipinski definition) is 2. The van der Waals surface area contributed by atoms with Crippen LogP contribution in [0, 0.1) is 5.82 Å². The molecule has 1 aromatic rings. The molecular weight excluding hydrogens is 217 g/mol. The van der Waals surface area contributed by atoms with E-state index in [-0.39, 0.29) is 18.0 Å². The molecule has 0 saturated carbocycles. The highest BCUT2D eigenvalue weighted by molar-refractivity contribution is 5.16. The van der Waals surface area contributed by atoms with Gasteiger partial charge in [0, 0.05) is 11.6 Å². The number of ether oxygens (including phenoxy) is 1. The van der Waals surface area contributed by atoms with Crippen LogP contribution in [-0.2, 0) is 11.3 Å². The molecule has 0 aliphatic heterocycles. The molecule has 2 unspecified atom stereocenters. The zero-order valence-electron chi connectivity index (χ0n) is 10.7. The fourth-order valence-electron chi connectivity index (χ4n) is 1.88. The summed E-state index contributed by atoms with van der Waals surface area (Å²) in [5, 5.41) is 0. The van der Waals surface area contributed by atoms with Crippen molar-refractivity contribution in [3.8, 4) is 0 Å². The van der Waals surface area contributed by atoms with Gasteiger partial charge in [-0.1, -0.05) is 38.5 Å². The number of nitrogens with two attached hydrogens (primary N) is 1. The second-order valence-corrected chi connectivity index (χ2v) is 4.30. The summed E-state index contributed by atoms with van der Waals surface area (Å²) in [6.07, 6.45) is 2.85. The summed E-state index contributed by atoms with van der Waals surface area (Å²) >= 11 is 0. The summed E-state index contributed by atoms with van der Waals surface area (Å²) in [5.41, 5.74) is 6.61. The Hall–Kier alpha value is -0.930. The Morgan fingerprint density at radius 2 is 2.00 bits per heavy atom. The summed E-state index contributed by atoms with van der Waals surface area (Å²) in [7, 11) is 0. The molecule has 0 aromatic heterocycles. The zero-order chi connectivity index (χ0) is 12.7. The van der Waals surface area contributed by atoms with Crippen LogP contribution in [0.3, 0.4) is 0 Å². The molecule has 1 rings (SSSR count). The van der Waals surface area contributed by atoms with Crippen LogP contribution in [0.5, 0.6) is 0 Å². The van der Waals surface area contributed by atoms with E-state index in [2.05, 4.69) is 6.92 Å². The van der Waals surface area contributed by atoms with E-state index >= 15 is 0 Å². The Morgan fingerprint density at radius 1 is 1.29 bits per heavy atom. The summed E-state index contributed by atoms with van der Waals surface area (Å²) in [4.78, 5) is 0. The third-order valence-corrected chi connectivity index (χ3v) is 2.91. The van der Waals surface area contributed by atoms with Crippen molar-refractivity contribution in [3.05, 3.63) is 35.6 Å². The van der Waals surface area contributed by atoms with Gasteiger partial charge in [-0.05, 0) is 18.9 Å². The predicted molar refractivity (Wildman–Crippen MR) is 68.2 cm³/mol. The van der Waals surface area contributed by atoms with Gasteiger partial charge < -0.3 is 10.5 Å². The van der Waals surface area contributed by atoms with Gasteiger partial charge in [0.1, 0.15) is 5.82 Å². The van der Waals surface area contributed by atoms with E-state index in [1.165, 1.54) is 6.07 Å². The highest BCUT2D eigenvalue weighted by atomic mass is 19.1. The molecular formula is C14H22FNO. The molecule has 2 nitrogen and oxygen atoms in total. The fraction of sp³-hybridized carbons (Fsp3) is 0.571. The highest BCUT2D eigenvalue weighted by Gasteiger charge is 2.16. The van der Waals surface area contributed by atoms with Crippen molar-refractivity contribution < 1.29 is 9.13 Å². The molecule has 0 amide bonds. The van der Waals surface area contributed by atoms with Gasteiger partial charge in [0.25, 0.3) is 0 Å². The zero-order valence-corrected chi connectivity index (χ0v) is 10.7.